The van der Waals surface area contributed by atoms with Crippen molar-refractivity contribution in [2.45, 2.75) is 27.2 Å². The third-order valence-corrected chi connectivity index (χ3v) is 2.61. The van der Waals surface area contributed by atoms with E-state index in [1.54, 1.807) is 0 Å². The lowest BCUT2D eigenvalue weighted by molar-refractivity contribution is -0.121. The Morgan fingerprint density at radius 1 is 1.28 bits per heavy atom. The van der Waals surface area contributed by atoms with Gasteiger partial charge in [-0.15, -0.1) is 0 Å². The average molecular weight is 251 g/mol. The molecule has 4 heteroatoms. The molecule has 0 fully saturated rings. The van der Waals surface area contributed by atoms with Gasteiger partial charge in [-0.3, -0.25) is 4.79 Å². The van der Waals surface area contributed by atoms with Gasteiger partial charge >= 0.3 is 0 Å². The van der Waals surface area contributed by atoms with E-state index in [9.17, 15) is 4.79 Å². The van der Waals surface area contributed by atoms with Crippen LogP contribution in [0.5, 0.6) is 5.75 Å². The van der Waals surface area contributed by atoms with Gasteiger partial charge in [0.2, 0.25) is 5.91 Å². The molecule has 0 radical (unpaired) electrons. The van der Waals surface area contributed by atoms with Crippen LogP contribution in [0.2, 0.25) is 0 Å². The summed E-state index contributed by atoms with van der Waals surface area (Å²) in [6.45, 7) is 6.65. The first-order valence-corrected chi connectivity index (χ1v) is 6.12. The molecular weight excluding hydrogens is 230 g/mol. The minimum absolute atomic E-state index is 0.0389. The van der Waals surface area contributed by atoms with Gasteiger partial charge in [-0.1, -0.05) is 17.7 Å². The summed E-state index contributed by atoms with van der Waals surface area (Å²) in [5.41, 5.74) is 3.38. The van der Waals surface area contributed by atoms with Crippen molar-refractivity contribution < 1.29 is 14.6 Å². The molecule has 0 aromatic heterocycles. The molecule has 4 nitrogen and oxygen atoms in total. The molecule has 0 bridgehead atoms. The molecule has 100 valence electrons. The molecule has 2 N–H and O–H groups in total. The molecule has 1 amide bonds. The van der Waals surface area contributed by atoms with Crippen LogP contribution >= 0.6 is 0 Å². The van der Waals surface area contributed by atoms with Crippen LogP contribution in [0.4, 0.5) is 0 Å². The lowest BCUT2D eigenvalue weighted by Gasteiger charge is -2.13. The van der Waals surface area contributed by atoms with Crippen molar-refractivity contribution in [2.24, 2.45) is 0 Å². The zero-order chi connectivity index (χ0) is 13.5. The van der Waals surface area contributed by atoms with Crippen molar-refractivity contribution in [2.75, 3.05) is 19.8 Å². The Kier molecular flexibility index (Phi) is 5.65. The zero-order valence-electron chi connectivity index (χ0n) is 11.2. The number of aliphatic hydroxyl groups is 1. The summed E-state index contributed by atoms with van der Waals surface area (Å²) in [5.74, 6) is 0.752. The van der Waals surface area contributed by atoms with Crippen molar-refractivity contribution in [3.8, 4) is 5.75 Å². The Morgan fingerprint density at radius 2 is 1.89 bits per heavy atom. The maximum Gasteiger partial charge on any atom is 0.223 e. The highest BCUT2D eigenvalue weighted by Gasteiger charge is 2.06. The molecule has 0 spiro atoms. The fraction of sp³-hybridized carbons (Fsp3) is 0.500. The Balaban J connectivity index is 2.47. The molecule has 0 aliphatic heterocycles. The van der Waals surface area contributed by atoms with E-state index >= 15 is 0 Å². The summed E-state index contributed by atoms with van der Waals surface area (Å²) >= 11 is 0. The van der Waals surface area contributed by atoms with Gasteiger partial charge in [-0.2, -0.15) is 0 Å². The van der Waals surface area contributed by atoms with Crippen LogP contribution in [-0.2, 0) is 4.79 Å². The third-order valence-electron chi connectivity index (χ3n) is 2.61. The second-order valence-corrected chi connectivity index (χ2v) is 4.40. The lowest BCUT2D eigenvalue weighted by Crippen LogP contribution is -2.27. The van der Waals surface area contributed by atoms with Gasteiger partial charge in [0.25, 0.3) is 0 Å². The average Bonchev–Trinajstić information content (AvgIpc) is 2.29. The summed E-state index contributed by atoms with van der Waals surface area (Å²) in [6.07, 6.45) is 0.298. The van der Waals surface area contributed by atoms with Crippen molar-refractivity contribution in [1.29, 1.82) is 0 Å². The van der Waals surface area contributed by atoms with E-state index < -0.39 is 0 Å². The van der Waals surface area contributed by atoms with Crippen molar-refractivity contribution in [3.05, 3.63) is 28.8 Å². The van der Waals surface area contributed by atoms with Gasteiger partial charge in [0.05, 0.1) is 19.6 Å². The van der Waals surface area contributed by atoms with Crippen LogP contribution < -0.4 is 10.1 Å². The Labute approximate surface area is 108 Å². The molecule has 1 aromatic rings. The molecule has 1 aromatic carbocycles. The first-order valence-electron chi connectivity index (χ1n) is 6.12. The summed E-state index contributed by atoms with van der Waals surface area (Å²) in [7, 11) is 0. The molecule has 0 unspecified atom stereocenters. The maximum atomic E-state index is 11.3. The van der Waals surface area contributed by atoms with Gasteiger partial charge in [0, 0.05) is 6.54 Å². The maximum absolute atomic E-state index is 11.3. The van der Waals surface area contributed by atoms with E-state index in [2.05, 4.69) is 17.4 Å². The minimum Gasteiger partial charge on any atom is -0.493 e. The van der Waals surface area contributed by atoms with Crippen molar-refractivity contribution >= 4 is 5.91 Å². The summed E-state index contributed by atoms with van der Waals surface area (Å²) < 4.78 is 5.65. The SMILES string of the molecule is Cc1cc(C)c(OCCC(=O)NCCO)c(C)c1. The number of amides is 1. The summed E-state index contributed by atoms with van der Waals surface area (Å²) in [6, 6.07) is 4.13. The van der Waals surface area contributed by atoms with Gasteiger partial charge in [-0.05, 0) is 31.9 Å². The van der Waals surface area contributed by atoms with Crippen LogP contribution in [0.15, 0.2) is 12.1 Å². The number of carbonyl (C=O) groups is 1. The van der Waals surface area contributed by atoms with Gasteiger partial charge in [0.1, 0.15) is 5.75 Å². The quantitative estimate of drug-likeness (QED) is 0.805. The zero-order valence-corrected chi connectivity index (χ0v) is 11.2. The van der Waals surface area contributed by atoms with Gasteiger partial charge in [-0.25, -0.2) is 0 Å². The van der Waals surface area contributed by atoms with Crippen LogP contribution in [0.3, 0.4) is 0 Å². The number of rotatable bonds is 6. The first-order chi connectivity index (χ1) is 8.54. The largest absolute Gasteiger partial charge is 0.493 e. The fourth-order valence-electron chi connectivity index (χ4n) is 1.92. The van der Waals surface area contributed by atoms with Crippen LogP contribution in [0.1, 0.15) is 23.1 Å². The number of nitrogens with one attached hydrogen (secondary N) is 1. The Hall–Kier alpha value is -1.55. The summed E-state index contributed by atoms with van der Waals surface area (Å²) in [5, 5.41) is 11.2. The van der Waals surface area contributed by atoms with Crippen LogP contribution in [0, 0.1) is 20.8 Å². The Bertz CT molecular complexity index is 392. The van der Waals surface area contributed by atoms with Crippen LogP contribution in [-0.4, -0.2) is 30.8 Å². The highest BCUT2D eigenvalue weighted by molar-refractivity contribution is 5.75. The van der Waals surface area contributed by atoms with E-state index in [1.165, 1.54) is 5.56 Å². The standard InChI is InChI=1S/C14H21NO3/c1-10-8-11(2)14(12(3)9-10)18-7-4-13(17)15-5-6-16/h8-9,16H,4-7H2,1-3H3,(H,15,17). The third kappa shape index (κ3) is 4.37. The lowest BCUT2D eigenvalue weighted by atomic mass is 10.1. The predicted octanol–water partition coefficient (Wildman–Crippen LogP) is 1.49. The van der Waals surface area contributed by atoms with Gasteiger partial charge in [0.15, 0.2) is 0 Å². The molecule has 0 atom stereocenters. The topological polar surface area (TPSA) is 58.6 Å². The van der Waals surface area contributed by atoms with E-state index in [0.29, 0.717) is 19.6 Å². The number of aryl methyl sites for hydroxylation is 3. The molecule has 0 saturated heterocycles. The number of hydrogen-bond acceptors (Lipinski definition) is 3. The highest BCUT2D eigenvalue weighted by Crippen LogP contribution is 2.24. The van der Waals surface area contributed by atoms with Crippen molar-refractivity contribution in [3.63, 3.8) is 0 Å². The van der Waals surface area contributed by atoms with E-state index in [1.807, 2.05) is 20.8 Å². The monoisotopic (exact) mass is 251 g/mol. The number of benzene rings is 1. The molecule has 0 aliphatic carbocycles. The van der Waals surface area contributed by atoms with Crippen LogP contribution in [0.25, 0.3) is 0 Å². The molecule has 0 aliphatic rings. The van der Waals surface area contributed by atoms with E-state index in [4.69, 9.17) is 9.84 Å². The van der Waals surface area contributed by atoms with E-state index in [-0.39, 0.29) is 12.5 Å². The molecule has 0 saturated carbocycles. The second-order valence-electron chi connectivity index (χ2n) is 4.40. The van der Waals surface area contributed by atoms with Crippen molar-refractivity contribution in [1.82, 2.24) is 5.32 Å². The van der Waals surface area contributed by atoms with E-state index in [0.717, 1.165) is 16.9 Å². The molecule has 1 rings (SSSR count). The minimum atomic E-state index is -0.105. The van der Waals surface area contributed by atoms with Gasteiger partial charge < -0.3 is 15.2 Å². The molecule has 0 heterocycles. The normalized spacial score (nSPS) is 10.2. The Morgan fingerprint density at radius 3 is 2.44 bits per heavy atom. The fourth-order valence-corrected chi connectivity index (χ4v) is 1.92. The molecule has 18 heavy (non-hydrogen) atoms. The number of hydrogen-bond donors (Lipinski definition) is 2. The first kappa shape index (κ1) is 14.5. The number of ether oxygens (including phenoxy) is 1. The number of aliphatic hydroxyl groups excluding tert-OH is 1. The highest BCUT2D eigenvalue weighted by atomic mass is 16.5. The smallest absolute Gasteiger partial charge is 0.223 e. The molecular formula is C14H21NO3. The number of carbonyl (C=O) groups excluding carboxylic acids is 1. The summed E-state index contributed by atoms with van der Waals surface area (Å²) in [4.78, 5) is 11.3. The second kappa shape index (κ2) is 7.01. The predicted molar refractivity (Wildman–Crippen MR) is 70.9 cm³/mol.